The maximum absolute atomic E-state index is 6.27. The molecule has 0 atom stereocenters. The first-order valence-electron chi connectivity index (χ1n) is 5.57. The van der Waals surface area contributed by atoms with Crippen LogP contribution >= 0.6 is 11.6 Å². The topological polar surface area (TPSA) is 32.5 Å². The third kappa shape index (κ3) is 2.25. The number of piperazine rings is 1. The van der Waals surface area contributed by atoms with E-state index in [0.717, 1.165) is 48.1 Å². The second-order valence-electron chi connectivity index (χ2n) is 4.46. The molecule has 0 aromatic heterocycles. The summed E-state index contributed by atoms with van der Waals surface area (Å²) in [5, 5.41) is 0.766. The first kappa shape index (κ1) is 11.6. The highest BCUT2D eigenvalue weighted by atomic mass is 35.5. The first-order valence-corrected chi connectivity index (χ1v) is 5.95. The van der Waals surface area contributed by atoms with Crippen molar-refractivity contribution in [2.45, 2.75) is 6.92 Å². The summed E-state index contributed by atoms with van der Waals surface area (Å²) in [5.74, 6) is 0. The number of rotatable bonds is 1. The number of hydrogen-bond donors (Lipinski definition) is 1. The fourth-order valence-corrected chi connectivity index (χ4v) is 2.59. The van der Waals surface area contributed by atoms with E-state index in [2.05, 4.69) is 23.8 Å². The van der Waals surface area contributed by atoms with Crippen LogP contribution in [0.1, 0.15) is 5.56 Å². The Morgan fingerprint density at radius 2 is 1.81 bits per heavy atom. The zero-order valence-corrected chi connectivity index (χ0v) is 10.6. The lowest BCUT2D eigenvalue weighted by Crippen LogP contribution is -2.44. The van der Waals surface area contributed by atoms with Crippen molar-refractivity contribution in [1.82, 2.24) is 4.90 Å². The lowest BCUT2D eigenvalue weighted by atomic mass is 10.1. The van der Waals surface area contributed by atoms with Crippen LogP contribution in [-0.4, -0.2) is 38.1 Å². The molecule has 1 saturated heterocycles. The van der Waals surface area contributed by atoms with Gasteiger partial charge in [-0.05, 0) is 31.7 Å². The third-order valence-electron chi connectivity index (χ3n) is 3.10. The Labute approximate surface area is 102 Å². The van der Waals surface area contributed by atoms with Crippen LogP contribution in [0, 0.1) is 6.92 Å². The molecule has 88 valence electrons. The molecule has 0 amide bonds. The number of hydrogen-bond acceptors (Lipinski definition) is 3. The second-order valence-corrected chi connectivity index (χ2v) is 4.87. The lowest BCUT2D eigenvalue weighted by Gasteiger charge is -2.35. The number of aryl methyl sites for hydroxylation is 1. The van der Waals surface area contributed by atoms with Gasteiger partial charge < -0.3 is 15.5 Å². The summed E-state index contributed by atoms with van der Waals surface area (Å²) in [5.41, 5.74) is 8.81. The van der Waals surface area contributed by atoms with Crippen molar-refractivity contribution in [3.05, 3.63) is 22.7 Å². The monoisotopic (exact) mass is 239 g/mol. The van der Waals surface area contributed by atoms with Gasteiger partial charge in [0.05, 0.1) is 10.7 Å². The Balaban J connectivity index is 2.26. The quantitative estimate of drug-likeness (QED) is 0.761. The van der Waals surface area contributed by atoms with Crippen LogP contribution in [0.25, 0.3) is 0 Å². The maximum Gasteiger partial charge on any atom is 0.0662 e. The first-order chi connectivity index (χ1) is 7.58. The highest BCUT2D eigenvalue weighted by Crippen LogP contribution is 2.32. The molecule has 1 heterocycles. The van der Waals surface area contributed by atoms with Gasteiger partial charge in [0.2, 0.25) is 0 Å². The van der Waals surface area contributed by atoms with Crippen LogP contribution in [0.3, 0.4) is 0 Å². The second kappa shape index (κ2) is 4.52. The molecule has 4 heteroatoms. The van der Waals surface area contributed by atoms with Crippen molar-refractivity contribution < 1.29 is 0 Å². The molecule has 0 spiro atoms. The zero-order valence-electron chi connectivity index (χ0n) is 9.83. The van der Waals surface area contributed by atoms with Gasteiger partial charge in [-0.3, -0.25) is 0 Å². The van der Waals surface area contributed by atoms with E-state index in [1.807, 2.05) is 12.1 Å². The van der Waals surface area contributed by atoms with E-state index in [1.54, 1.807) is 0 Å². The summed E-state index contributed by atoms with van der Waals surface area (Å²) in [7, 11) is 2.15. The van der Waals surface area contributed by atoms with Gasteiger partial charge in [0.1, 0.15) is 0 Å². The number of anilines is 2. The number of likely N-dealkylation sites (N-methyl/N-ethyl adjacent to an activating group) is 1. The molecule has 2 N–H and O–H groups in total. The highest BCUT2D eigenvalue weighted by Gasteiger charge is 2.18. The lowest BCUT2D eigenvalue weighted by molar-refractivity contribution is 0.312. The van der Waals surface area contributed by atoms with Gasteiger partial charge in [0.25, 0.3) is 0 Å². The summed E-state index contributed by atoms with van der Waals surface area (Å²) in [6.07, 6.45) is 0. The molecule has 0 bridgehead atoms. The van der Waals surface area contributed by atoms with Crippen molar-refractivity contribution in [1.29, 1.82) is 0 Å². The van der Waals surface area contributed by atoms with Crippen LogP contribution in [0.2, 0.25) is 5.02 Å². The predicted molar refractivity (Wildman–Crippen MR) is 70.3 cm³/mol. The molecule has 1 aliphatic rings. The van der Waals surface area contributed by atoms with Crippen molar-refractivity contribution in [3.63, 3.8) is 0 Å². The van der Waals surface area contributed by atoms with Crippen LogP contribution < -0.4 is 10.6 Å². The van der Waals surface area contributed by atoms with Gasteiger partial charge in [0.15, 0.2) is 0 Å². The summed E-state index contributed by atoms with van der Waals surface area (Å²) < 4.78 is 0. The van der Waals surface area contributed by atoms with E-state index in [-0.39, 0.29) is 0 Å². The van der Waals surface area contributed by atoms with Gasteiger partial charge in [-0.15, -0.1) is 0 Å². The minimum Gasteiger partial charge on any atom is -0.399 e. The molecule has 0 aliphatic carbocycles. The Kier molecular flexibility index (Phi) is 3.26. The van der Waals surface area contributed by atoms with Gasteiger partial charge >= 0.3 is 0 Å². The molecule has 0 unspecified atom stereocenters. The molecule has 1 aromatic carbocycles. The molecular formula is C12H18ClN3. The molecule has 16 heavy (non-hydrogen) atoms. The Bertz CT molecular complexity index is 361. The smallest absolute Gasteiger partial charge is 0.0662 e. The molecule has 1 aliphatic heterocycles. The van der Waals surface area contributed by atoms with E-state index in [4.69, 9.17) is 17.3 Å². The van der Waals surface area contributed by atoms with E-state index < -0.39 is 0 Å². The van der Waals surface area contributed by atoms with Gasteiger partial charge in [-0.1, -0.05) is 11.6 Å². The zero-order chi connectivity index (χ0) is 11.7. The number of nitrogens with two attached hydrogens (primary N) is 1. The van der Waals surface area contributed by atoms with E-state index in [1.165, 1.54) is 0 Å². The summed E-state index contributed by atoms with van der Waals surface area (Å²) in [6, 6.07) is 3.82. The van der Waals surface area contributed by atoms with Crippen molar-refractivity contribution in [2.24, 2.45) is 0 Å². The number of nitrogen functional groups attached to an aromatic ring is 1. The predicted octanol–water partition coefficient (Wildman–Crippen LogP) is 1.98. The standard InChI is InChI=1S/C12H18ClN3/c1-9-7-10(14)8-11(13)12(9)16-5-3-15(2)4-6-16/h7-8H,3-6,14H2,1-2H3. The highest BCUT2D eigenvalue weighted by molar-refractivity contribution is 6.33. The molecule has 2 rings (SSSR count). The molecule has 0 saturated carbocycles. The maximum atomic E-state index is 6.27. The Hall–Kier alpha value is -0.930. The third-order valence-corrected chi connectivity index (χ3v) is 3.38. The summed E-state index contributed by atoms with van der Waals surface area (Å²) in [6.45, 7) is 6.29. The Morgan fingerprint density at radius 3 is 2.38 bits per heavy atom. The minimum absolute atomic E-state index is 0.736. The van der Waals surface area contributed by atoms with Crippen LogP contribution in [0.15, 0.2) is 12.1 Å². The van der Waals surface area contributed by atoms with Crippen molar-refractivity contribution in [2.75, 3.05) is 43.9 Å². The SMILES string of the molecule is Cc1cc(N)cc(Cl)c1N1CCN(C)CC1. The summed E-state index contributed by atoms with van der Waals surface area (Å²) in [4.78, 5) is 4.67. The van der Waals surface area contributed by atoms with Gasteiger partial charge in [-0.25, -0.2) is 0 Å². The Morgan fingerprint density at radius 1 is 1.19 bits per heavy atom. The van der Waals surface area contributed by atoms with Gasteiger partial charge in [0, 0.05) is 31.9 Å². The van der Waals surface area contributed by atoms with Gasteiger partial charge in [-0.2, -0.15) is 0 Å². The largest absolute Gasteiger partial charge is 0.399 e. The average Bonchev–Trinajstić information content (AvgIpc) is 2.19. The van der Waals surface area contributed by atoms with E-state index in [9.17, 15) is 0 Å². The fraction of sp³-hybridized carbons (Fsp3) is 0.500. The van der Waals surface area contributed by atoms with Crippen LogP contribution in [0.4, 0.5) is 11.4 Å². The van der Waals surface area contributed by atoms with E-state index in [0.29, 0.717) is 0 Å². The molecule has 1 aromatic rings. The van der Waals surface area contributed by atoms with Crippen LogP contribution in [-0.2, 0) is 0 Å². The molecular weight excluding hydrogens is 222 g/mol. The van der Waals surface area contributed by atoms with E-state index >= 15 is 0 Å². The number of halogens is 1. The van der Waals surface area contributed by atoms with Crippen molar-refractivity contribution >= 4 is 23.0 Å². The van der Waals surface area contributed by atoms with Crippen LogP contribution in [0.5, 0.6) is 0 Å². The molecule has 3 nitrogen and oxygen atoms in total. The average molecular weight is 240 g/mol. The normalized spacial score (nSPS) is 17.8. The van der Waals surface area contributed by atoms with Crippen molar-refractivity contribution in [3.8, 4) is 0 Å². The summed E-state index contributed by atoms with van der Waals surface area (Å²) >= 11 is 6.27. The minimum atomic E-state index is 0.736. The molecule has 0 radical (unpaired) electrons. The number of benzene rings is 1. The molecule has 1 fully saturated rings. The fourth-order valence-electron chi connectivity index (χ4n) is 2.19. The number of nitrogens with zero attached hydrogens (tertiary/aromatic N) is 2.